The molecule has 1 aromatic carbocycles. The Kier molecular flexibility index (Phi) is 6.43. The first-order chi connectivity index (χ1) is 17.2. The highest BCUT2D eigenvalue weighted by Crippen LogP contribution is 2.29. The van der Waals surface area contributed by atoms with E-state index >= 15 is 0 Å². The van der Waals surface area contributed by atoms with Crippen molar-refractivity contribution in [3.63, 3.8) is 0 Å². The van der Waals surface area contributed by atoms with Crippen molar-refractivity contribution in [1.82, 2.24) is 29.9 Å². The number of hydrogen-bond donors (Lipinski definition) is 1. The minimum absolute atomic E-state index is 0.364. The summed E-state index contributed by atoms with van der Waals surface area (Å²) in [7, 11) is 0. The number of nitriles is 1. The molecule has 0 fully saturated rings. The Hall–Kier alpha value is -4.59. The number of rotatable bonds is 8. The zero-order valence-electron chi connectivity index (χ0n) is 18.8. The molecule has 4 heterocycles. The second kappa shape index (κ2) is 10.1. The molecule has 4 aromatic rings. The maximum absolute atomic E-state index is 13.3. The van der Waals surface area contributed by atoms with Crippen LogP contribution in [0.25, 0.3) is 0 Å². The fraction of sp³-hybridized carbons (Fsp3) is 0.250. The number of alkyl halides is 1. The van der Waals surface area contributed by atoms with Gasteiger partial charge in [0.05, 0.1) is 48.5 Å². The number of benzene rings is 1. The smallest absolute Gasteiger partial charge is 0.213 e. The number of pyridine rings is 1. The summed E-state index contributed by atoms with van der Waals surface area (Å²) in [5, 5.41) is 20.1. The second-order valence-corrected chi connectivity index (χ2v) is 7.93. The molecule has 0 atom stereocenters. The van der Waals surface area contributed by atoms with Crippen LogP contribution in [0.3, 0.4) is 0 Å². The number of fused-ring (bicyclic) bond motifs is 1. The molecular weight excluding hydrogens is 449 g/mol. The molecule has 176 valence electrons. The van der Waals surface area contributed by atoms with Crippen molar-refractivity contribution in [3.8, 4) is 11.9 Å². The van der Waals surface area contributed by atoms with Gasteiger partial charge in [-0.25, -0.2) is 24.0 Å². The van der Waals surface area contributed by atoms with E-state index in [2.05, 4.69) is 35.5 Å². The first-order valence-electron chi connectivity index (χ1n) is 11.1. The number of nitrogens with zero attached hydrogens (tertiary/aromatic N) is 8. The van der Waals surface area contributed by atoms with Crippen LogP contribution >= 0.6 is 0 Å². The van der Waals surface area contributed by atoms with Crippen LogP contribution in [0.5, 0.6) is 5.88 Å². The first-order valence-corrected chi connectivity index (χ1v) is 11.1. The predicted molar refractivity (Wildman–Crippen MR) is 126 cm³/mol. The molecule has 5 rings (SSSR count). The summed E-state index contributed by atoms with van der Waals surface area (Å²) in [4.78, 5) is 15.4. The highest BCUT2D eigenvalue weighted by Gasteiger charge is 2.22. The number of anilines is 3. The van der Waals surface area contributed by atoms with Gasteiger partial charge in [0.25, 0.3) is 0 Å². The van der Waals surface area contributed by atoms with Crippen molar-refractivity contribution in [1.29, 1.82) is 5.26 Å². The van der Waals surface area contributed by atoms with Gasteiger partial charge in [0.15, 0.2) is 0 Å². The molecule has 1 N–H and O–H groups in total. The lowest BCUT2D eigenvalue weighted by Gasteiger charge is -2.31. The molecule has 1 aliphatic rings. The molecule has 0 aliphatic carbocycles. The van der Waals surface area contributed by atoms with Crippen LogP contribution in [-0.4, -0.2) is 43.1 Å². The van der Waals surface area contributed by atoms with Crippen LogP contribution in [0.15, 0.2) is 55.2 Å². The minimum Gasteiger partial charge on any atom is -0.476 e. The monoisotopic (exact) mass is 471 g/mol. The molecule has 3 aromatic heterocycles. The van der Waals surface area contributed by atoms with Gasteiger partial charge in [-0.05, 0) is 30.7 Å². The van der Waals surface area contributed by atoms with E-state index < -0.39 is 6.67 Å². The second-order valence-electron chi connectivity index (χ2n) is 7.93. The summed E-state index contributed by atoms with van der Waals surface area (Å²) < 4.78 is 20.7. The van der Waals surface area contributed by atoms with Gasteiger partial charge < -0.3 is 15.0 Å². The molecule has 0 amide bonds. The van der Waals surface area contributed by atoms with E-state index in [1.54, 1.807) is 41.5 Å². The average Bonchev–Trinajstić information content (AvgIpc) is 3.43. The summed E-state index contributed by atoms with van der Waals surface area (Å²) in [5.74, 6) is 1.26. The molecule has 0 saturated carbocycles. The molecular formula is C24H22FN9O. The fourth-order valence-corrected chi connectivity index (χ4v) is 3.95. The van der Waals surface area contributed by atoms with Crippen molar-refractivity contribution in [3.05, 3.63) is 77.6 Å². The SMILES string of the molecule is N#Cc1ccc(N2CCc3c(ncnc3Nc3ccc(OCCn4ccnn4)nc3)C2)cc1CF. The highest BCUT2D eigenvalue weighted by molar-refractivity contribution is 5.62. The van der Waals surface area contributed by atoms with Crippen LogP contribution in [-0.2, 0) is 26.2 Å². The number of hydrogen-bond acceptors (Lipinski definition) is 9. The maximum Gasteiger partial charge on any atom is 0.213 e. The third-order valence-electron chi connectivity index (χ3n) is 5.77. The van der Waals surface area contributed by atoms with Crippen molar-refractivity contribution in [2.45, 2.75) is 26.2 Å². The number of ether oxygens (including phenoxy) is 1. The molecule has 0 radical (unpaired) electrons. The molecule has 10 nitrogen and oxygen atoms in total. The van der Waals surface area contributed by atoms with Gasteiger partial charge in [-0.3, -0.25) is 0 Å². The van der Waals surface area contributed by atoms with Gasteiger partial charge in [-0.15, -0.1) is 5.10 Å². The Morgan fingerprint density at radius 3 is 2.89 bits per heavy atom. The van der Waals surface area contributed by atoms with E-state index in [9.17, 15) is 4.39 Å². The Balaban J connectivity index is 1.24. The van der Waals surface area contributed by atoms with Crippen molar-refractivity contribution in [2.75, 3.05) is 23.4 Å². The van der Waals surface area contributed by atoms with Crippen molar-refractivity contribution >= 4 is 17.2 Å². The summed E-state index contributed by atoms with van der Waals surface area (Å²) in [6.07, 6.45) is 7.35. The van der Waals surface area contributed by atoms with Crippen molar-refractivity contribution < 1.29 is 9.13 Å². The Labute approximate surface area is 201 Å². The van der Waals surface area contributed by atoms with Crippen LogP contribution in [0.4, 0.5) is 21.6 Å². The van der Waals surface area contributed by atoms with E-state index in [0.29, 0.717) is 36.7 Å². The molecule has 0 saturated heterocycles. The Morgan fingerprint density at radius 2 is 2.11 bits per heavy atom. The fourth-order valence-electron chi connectivity index (χ4n) is 3.95. The normalized spacial score (nSPS) is 12.6. The number of nitrogens with one attached hydrogen (secondary N) is 1. The standard InChI is InChI=1S/C24H22FN9O/c25-12-18-11-20(3-1-17(18)13-26)33-7-5-21-22(15-33)28-16-29-24(21)31-19-2-4-23(27-14-19)35-10-9-34-8-6-30-32-34/h1-4,6,8,11,14,16H,5,7,9-10,12,15H2,(H,28,29,31). The summed E-state index contributed by atoms with van der Waals surface area (Å²) in [6, 6.07) is 11.0. The molecule has 1 aliphatic heterocycles. The molecule has 0 spiro atoms. The van der Waals surface area contributed by atoms with Gasteiger partial charge in [0.2, 0.25) is 5.88 Å². The minimum atomic E-state index is -0.670. The van der Waals surface area contributed by atoms with Crippen LogP contribution in [0.2, 0.25) is 0 Å². The van der Waals surface area contributed by atoms with E-state index in [1.165, 1.54) is 6.33 Å². The average molecular weight is 472 g/mol. The van der Waals surface area contributed by atoms with Gasteiger partial charge in [-0.1, -0.05) is 5.21 Å². The summed E-state index contributed by atoms with van der Waals surface area (Å²) in [5.41, 5.74) is 4.37. The quantitative estimate of drug-likeness (QED) is 0.413. The topological polar surface area (TPSA) is 118 Å². The van der Waals surface area contributed by atoms with Crippen LogP contribution in [0.1, 0.15) is 22.4 Å². The lowest BCUT2D eigenvalue weighted by molar-refractivity contribution is 0.279. The number of aromatic nitrogens is 6. The lowest BCUT2D eigenvalue weighted by atomic mass is 10.0. The molecule has 0 bridgehead atoms. The zero-order chi connectivity index (χ0) is 24.0. The highest BCUT2D eigenvalue weighted by atomic mass is 19.1. The number of halogens is 1. The van der Waals surface area contributed by atoms with Gasteiger partial charge >= 0.3 is 0 Å². The zero-order valence-corrected chi connectivity index (χ0v) is 18.8. The van der Waals surface area contributed by atoms with Gasteiger partial charge in [-0.2, -0.15) is 5.26 Å². The summed E-state index contributed by atoms with van der Waals surface area (Å²) in [6.45, 7) is 1.65. The Morgan fingerprint density at radius 1 is 1.17 bits per heavy atom. The van der Waals surface area contributed by atoms with Gasteiger partial charge in [0.1, 0.15) is 25.4 Å². The van der Waals surface area contributed by atoms with Crippen LogP contribution < -0.4 is 15.0 Å². The molecule has 35 heavy (non-hydrogen) atoms. The largest absolute Gasteiger partial charge is 0.476 e. The first kappa shape index (κ1) is 22.2. The molecule has 0 unspecified atom stereocenters. The lowest BCUT2D eigenvalue weighted by Crippen LogP contribution is -2.31. The van der Waals surface area contributed by atoms with Crippen LogP contribution in [0, 0.1) is 11.3 Å². The van der Waals surface area contributed by atoms with E-state index in [1.807, 2.05) is 18.2 Å². The van der Waals surface area contributed by atoms with Crippen molar-refractivity contribution in [2.24, 2.45) is 0 Å². The van der Waals surface area contributed by atoms with E-state index in [-0.39, 0.29) is 0 Å². The van der Waals surface area contributed by atoms with E-state index in [0.717, 1.165) is 41.4 Å². The van der Waals surface area contributed by atoms with E-state index in [4.69, 9.17) is 10.00 Å². The van der Waals surface area contributed by atoms with Gasteiger partial charge in [0, 0.05) is 35.6 Å². The molecule has 11 heteroatoms. The predicted octanol–water partition coefficient (Wildman–Crippen LogP) is 3.19. The third-order valence-corrected chi connectivity index (χ3v) is 5.77. The summed E-state index contributed by atoms with van der Waals surface area (Å²) >= 11 is 0. The third kappa shape index (κ3) is 5.01. The maximum atomic E-state index is 13.3. The Bertz CT molecular complexity index is 1340.